The van der Waals surface area contributed by atoms with E-state index in [1.54, 1.807) is 0 Å². The quantitative estimate of drug-likeness (QED) is 0.601. The number of imide groups is 1. The molecule has 0 spiro atoms. The highest BCUT2D eigenvalue weighted by molar-refractivity contribution is 6.04. The average Bonchev–Trinajstić information content (AvgIpc) is 2.79. The van der Waals surface area contributed by atoms with Crippen LogP contribution < -0.4 is 5.32 Å². The Morgan fingerprint density at radius 3 is 2.69 bits per heavy atom. The number of urea groups is 1. The minimum absolute atomic E-state index is 0.358. The molecule has 0 aromatic heterocycles. The molecule has 2 atom stereocenters. The van der Waals surface area contributed by atoms with E-state index in [1.165, 1.54) is 11.9 Å². The zero-order valence-corrected chi connectivity index (χ0v) is 8.84. The highest BCUT2D eigenvalue weighted by Crippen LogP contribution is 2.23. The monoisotopic (exact) mass is 227 g/mol. The molecule has 2 rings (SSSR count). The van der Waals surface area contributed by atoms with E-state index in [4.69, 9.17) is 5.11 Å². The highest BCUT2D eigenvalue weighted by atomic mass is 16.4. The van der Waals surface area contributed by atoms with E-state index >= 15 is 0 Å². The molecule has 0 unspecified atom stereocenters. The van der Waals surface area contributed by atoms with E-state index in [0.717, 1.165) is 11.3 Å². The van der Waals surface area contributed by atoms with E-state index in [0.29, 0.717) is 13.0 Å². The van der Waals surface area contributed by atoms with Crippen LogP contribution in [0.5, 0.6) is 0 Å². The molecule has 16 heavy (non-hydrogen) atoms. The third-order valence-corrected chi connectivity index (χ3v) is 3.11. The lowest BCUT2D eigenvalue weighted by molar-refractivity contribution is -0.127. The Hall–Kier alpha value is -1.79. The first kappa shape index (κ1) is 10.7. The number of amides is 4. The topological polar surface area (TPSA) is 90.0 Å². The van der Waals surface area contributed by atoms with Gasteiger partial charge in [0.25, 0.3) is 5.91 Å². The van der Waals surface area contributed by atoms with Gasteiger partial charge in [0, 0.05) is 13.6 Å². The number of hydrogen-bond donors (Lipinski definition) is 2. The predicted molar refractivity (Wildman–Crippen MR) is 52.8 cm³/mol. The van der Waals surface area contributed by atoms with Gasteiger partial charge < -0.3 is 15.3 Å². The maximum absolute atomic E-state index is 11.7. The van der Waals surface area contributed by atoms with Crippen molar-refractivity contribution in [3.8, 4) is 0 Å². The number of rotatable bonds is 1. The number of nitrogens with zero attached hydrogens (tertiary/aromatic N) is 2. The first-order valence-corrected chi connectivity index (χ1v) is 5.10. The standard InChI is InChI=1S/C9H13N3O4/c1-11-7(13)6(10-8(11)14)5-3-2-4-12(5)9(15)16/h5-6H,2-4H2,1H3,(H,10,14)(H,15,16)/t5-,6-/m1/s1. The normalized spacial score (nSPS) is 29.8. The fourth-order valence-electron chi connectivity index (χ4n) is 2.24. The summed E-state index contributed by atoms with van der Waals surface area (Å²) in [5.74, 6) is -0.358. The second-order valence-corrected chi connectivity index (χ2v) is 4.01. The highest BCUT2D eigenvalue weighted by Gasteiger charge is 2.45. The van der Waals surface area contributed by atoms with Crippen LogP contribution in [0.15, 0.2) is 0 Å². The first-order valence-electron chi connectivity index (χ1n) is 5.10. The first-order chi connectivity index (χ1) is 7.52. The third kappa shape index (κ3) is 1.48. The number of likely N-dealkylation sites (tertiary alicyclic amines) is 1. The molecule has 0 aromatic carbocycles. The molecular weight excluding hydrogens is 214 g/mol. The minimum atomic E-state index is -1.04. The molecule has 0 bridgehead atoms. The van der Waals surface area contributed by atoms with Crippen molar-refractivity contribution >= 4 is 18.0 Å². The zero-order chi connectivity index (χ0) is 11.9. The van der Waals surface area contributed by atoms with Crippen LogP contribution in [0.4, 0.5) is 9.59 Å². The molecule has 7 heteroatoms. The van der Waals surface area contributed by atoms with Crippen LogP contribution in [0.1, 0.15) is 12.8 Å². The van der Waals surface area contributed by atoms with E-state index in [9.17, 15) is 14.4 Å². The van der Waals surface area contributed by atoms with Crippen molar-refractivity contribution in [1.29, 1.82) is 0 Å². The molecule has 0 aromatic rings. The summed E-state index contributed by atoms with van der Waals surface area (Å²) in [5, 5.41) is 11.5. The number of carbonyl (C=O) groups excluding carboxylic acids is 2. The summed E-state index contributed by atoms with van der Waals surface area (Å²) in [6.45, 7) is 0.420. The zero-order valence-electron chi connectivity index (χ0n) is 8.84. The van der Waals surface area contributed by atoms with Gasteiger partial charge in [-0.05, 0) is 12.8 Å². The van der Waals surface area contributed by atoms with Crippen LogP contribution in [0.2, 0.25) is 0 Å². The number of nitrogens with one attached hydrogen (secondary N) is 1. The van der Waals surface area contributed by atoms with Gasteiger partial charge in [-0.25, -0.2) is 9.59 Å². The van der Waals surface area contributed by atoms with Gasteiger partial charge in [-0.1, -0.05) is 0 Å². The molecule has 4 amide bonds. The Balaban J connectivity index is 2.16. The average molecular weight is 227 g/mol. The van der Waals surface area contributed by atoms with Gasteiger partial charge in [-0.3, -0.25) is 9.69 Å². The Bertz CT molecular complexity index is 357. The summed E-state index contributed by atoms with van der Waals surface area (Å²) in [6, 6.07) is -1.62. The van der Waals surface area contributed by atoms with Crippen molar-refractivity contribution in [3.05, 3.63) is 0 Å². The van der Waals surface area contributed by atoms with Crippen LogP contribution in [0, 0.1) is 0 Å². The summed E-state index contributed by atoms with van der Waals surface area (Å²) in [6.07, 6.45) is 0.288. The van der Waals surface area contributed by atoms with Crippen molar-refractivity contribution in [1.82, 2.24) is 15.1 Å². The number of likely N-dealkylation sites (N-methyl/N-ethyl adjacent to an activating group) is 1. The molecule has 0 radical (unpaired) electrons. The maximum Gasteiger partial charge on any atom is 0.407 e. The fraction of sp³-hybridized carbons (Fsp3) is 0.667. The lowest BCUT2D eigenvalue weighted by Gasteiger charge is -2.25. The van der Waals surface area contributed by atoms with Gasteiger partial charge in [0.1, 0.15) is 6.04 Å². The van der Waals surface area contributed by atoms with Crippen LogP contribution in [0.3, 0.4) is 0 Å². The second-order valence-electron chi connectivity index (χ2n) is 4.01. The van der Waals surface area contributed by atoms with E-state index < -0.39 is 24.2 Å². The molecule has 2 aliphatic heterocycles. The van der Waals surface area contributed by atoms with Gasteiger partial charge in [0.15, 0.2) is 0 Å². The Labute approximate surface area is 92.0 Å². The predicted octanol–water partition coefficient (Wildman–Crippen LogP) is -0.321. The fourth-order valence-corrected chi connectivity index (χ4v) is 2.24. The van der Waals surface area contributed by atoms with Crippen LogP contribution in [-0.2, 0) is 4.79 Å². The molecule has 2 heterocycles. The van der Waals surface area contributed by atoms with Crippen LogP contribution >= 0.6 is 0 Å². The van der Waals surface area contributed by atoms with Gasteiger partial charge in [-0.15, -0.1) is 0 Å². The van der Waals surface area contributed by atoms with E-state index in [2.05, 4.69) is 5.32 Å². The number of carboxylic acid groups (broad SMARTS) is 1. The van der Waals surface area contributed by atoms with Gasteiger partial charge in [0.05, 0.1) is 6.04 Å². The molecule has 7 nitrogen and oxygen atoms in total. The van der Waals surface area contributed by atoms with Crippen molar-refractivity contribution < 1.29 is 19.5 Å². The van der Waals surface area contributed by atoms with Gasteiger partial charge in [0.2, 0.25) is 0 Å². The largest absolute Gasteiger partial charge is 0.465 e. The Kier molecular flexibility index (Phi) is 2.45. The minimum Gasteiger partial charge on any atom is -0.465 e. The van der Waals surface area contributed by atoms with Gasteiger partial charge >= 0.3 is 12.1 Å². The second kappa shape index (κ2) is 3.66. The van der Waals surface area contributed by atoms with Crippen molar-refractivity contribution in [2.24, 2.45) is 0 Å². The summed E-state index contributed by atoms with van der Waals surface area (Å²) in [4.78, 5) is 36.1. The van der Waals surface area contributed by atoms with Crippen molar-refractivity contribution in [2.75, 3.05) is 13.6 Å². The van der Waals surface area contributed by atoms with Gasteiger partial charge in [-0.2, -0.15) is 0 Å². The summed E-state index contributed by atoms with van der Waals surface area (Å²) in [5.41, 5.74) is 0. The van der Waals surface area contributed by atoms with E-state index in [-0.39, 0.29) is 5.91 Å². The SMILES string of the molecule is CN1C(=O)N[C@H]([C@H]2CCCN2C(=O)O)C1=O. The summed E-state index contributed by atoms with van der Waals surface area (Å²) < 4.78 is 0. The molecule has 88 valence electrons. The van der Waals surface area contributed by atoms with Crippen molar-refractivity contribution in [2.45, 2.75) is 24.9 Å². The summed E-state index contributed by atoms with van der Waals surface area (Å²) in [7, 11) is 1.39. The molecule has 2 saturated heterocycles. The molecule has 2 aliphatic rings. The number of carbonyl (C=O) groups is 3. The molecule has 2 N–H and O–H groups in total. The maximum atomic E-state index is 11.7. The van der Waals surface area contributed by atoms with Crippen LogP contribution in [-0.4, -0.2) is 58.6 Å². The molecule has 0 aliphatic carbocycles. The Morgan fingerprint density at radius 1 is 1.50 bits per heavy atom. The molecular formula is C9H13N3O4. The van der Waals surface area contributed by atoms with Crippen molar-refractivity contribution in [3.63, 3.8) is 0 Å². The smallest absolute Gasteiger partial charge is 0.407 e. The Morgan fingerprint density at radius 2 is 2.19 bits per heavy atom. The third-order valence-electron chi connectivity index (χ3n) is 3.11. The molecule has 0 saturated carbocycles. The van der Waals surface area contributed by atoms with Crippen LogP contribution in [0.25, 0.3) is 0 Å². The number of hydrogen-bond acceptors (Lipinski definition) is 3. The summed E-state index contributed by atoms with van der Waals surface area (Å²) >= 11 is 0. The molecule has 2 fully saturated rings. The lowest BCUT2D eigenvalue weighted by Crippen LogP contribution is -2.49. The lowest BCUT2D eigenvalue weighted by atomic mass is 10.1. The van der Waals surface area contributed by atoms with E-state index in [1.807, 2.05) is 0 Å².